The smallest absolute Gasteiger partial charge is 0.424 e. The summed E-state index contributed by atoms with van der Waals surface area (Å²) in [4.78, 5) is 35.1. The Morgan fingerprint density at radius 3 is 2.21 bits per heavy atom. The van der Waals surface area contributed by atoms with Crippen LogP contribution in [-0.4, -0.2) is 49.9 Å². The Kier molecular flexibility index (Phi) is 13.6. The summed E-state index contributed by atoms with van der Waals surface area (Å²) >= 11 is 1.21. The second kappa shape index (κ2) is 18.0. The Labute approximate surface area is 338 Å². The second-order valence-corrected chi connectivity index (χ2v) is 17.4. The van der Waals surface area contributed by atoms with Crippen LogP contribution >= 0.6 is 19.2 Å². The first-order chi connectivity index (χ1) is 27.3. The van der Waals surface area contributed by atoms with E-state index in [4.69, 9.17) is 32.8 Å². The summed E-state index contributed by atoms with van der Waals surface area (Å²) in [7, 11) is -3.99. The van der Waals surface area contributed by atoms with Gasteiger partial charge in [-0.15, -0.1) is 11.3 Å². The van der Waals surface area contributed by atoms with Crippen LogP contribution in [0.4, 0.5) is 13.6 Å². The number of benzene rings is 3. The number of aromatic nitrogens is 4. The van der Waals surface area contributed by atoms with Crippen molar-refractivity contribution in [1.29, 1.82) is 5.26 Å². The molecule has 2 aromatic heterocycles. The molecule has 2 atom stereocenters. The molecule has 0 spiro atoms. The molecule has 5 aromatic rings. The number of nitriles is 1. The highest BCUT2D eigenvalue weighted by molar-refractivity contribution is 7.48. The van der Waals surface area contributed by atoms with Gasteiger partial charge in [-0.2, -0.15) is 10.4 Å². The molecule has 0 N–H and O–H groups in total. The van der Waals surface area contributed by atoms with Crippen molar-refractivity contribution in [1.82, 2.24) is 19.7 Å². The van der Waals surface area contributed by atoms with Crippen LogP contribution in [0.2, 0.25) is 0 Å². The van der Waals surface area contributed by atoms with Gasteiger partial charge < -0.3 is 14.2 Å². The molecule has 0 amide bonds. The molecule has 0 aliphatic rings. The van der Waals surface area contributed by atoms with E-state index in [1.807, 2.05) is 0 Å². The molecule has 58 heavy (non-hydrogen) atoms. The van der Waals surface area contributed by atoms with Crippen LogP contribution in [0.15, 0.2) is 84.8 Å². The predicted molar refractivity (Wildman–Crippen MR) is 207 cm³/mol. The number of nitrogens with zero attached hydrogens (tertiary/aromatic N) is 5. The van der Waals surface area contributed by atoms with E-state index in [2.05, 4.69) is 16.2 Å². The van der Waals surface area contributed by atoms with E-state index in [0.29, 0.717) is 33.5 Å². The first kappa shape index (κ1) is 43.7. The summed E-state index contributed by atoms with van der Waals surface area (Å²) in [6.07, 6.45) is 1.22. The minimum absolute atomic E-state index is 0.0881. The van der Waals surface area contributed by atoms with E-state index < -0.39 is 61.1 Å². The molecule has 0 fully saturated rings. The molecule has 14 nitrogen and oxygen atoms in total. The number of thiazole rings is 1. The Balaban J connectivity index is 1.32. The van der Waals surface area contributed by atoms with E-state index in [1.165, 1.54) is 40.8 Å². The standard InChI is InChI=1S/C40H42F2N5O9PS/c1-26(35-46-34(21-58-35)29-12-8-27(19-43)9-13-29)40(22-47-24-44-23-45-47,32-17-16-31(41)18-33(32)42)54-37(49)52-25-51-36(48)30-14-10-28(11-15-30)20-53-57(50,55-38(2,3)4)56-39(5,6)7/h8-18,21,23-24,26H,20,22,25H2,1-7H3/t26-,40?/m0/s1. The SMILES string of the molecule is C[C@@H](c1nc(-c2ccc(C#N)cc2)cs1)C(Cn1cncn1)(OC(=O)OCOC(=O)c1ccc(COP(=O)(OC(C)(C)C)OC(C)(C)C)cc1)c1ccc(F)cc1F. The van der Waals surface area contributed by atoms with Crippen molar-refractivity contribution in [3.05, 3.63) is 124 Å². The molecule has 18 heteroatoms. The van der Waals surface area contributed by atoms with E-state index in [0.717, 1.165) is 12.1 Å². The zero-order valence-electron chi connectivity index (χ0n) is 32.8. The molecule has 0 saturated heterocycles. The van der Waals surface area contributed by atoms with Gasteiger partial charge in [-0.05, 0) is 83.5 Å². The van der Waals surface area contributed by atoms with E-state index in [9.17, 15) is 23.8 Å². The van der Waals surface area contributed by atoms with Gasteiger partial charge in [-0.3, -0.25) is 13.6 Å². The molecule has 0 aliphatic carbocycles. The fourth-order valence-corrected chi connectivity index (χ4v) is 8.34. The molecule has 0 aliphatic heterocycles. The molecule has 3 aromatic carbocycles. The number of esters is 1. The summed E-state index contributed by atoms with van der Waals surface area (Å²) < 4.78 is 77.9. The molecular weight excluding hydrogens is 796 g/mol. The number of carbonyl (C=O) groups excluding carboxylic acids is 2. The van der Waals surface area contributed by atoms with Crippen LogP contribution in [0.5, 0.6) is 0 Å². The molecule has 0 bridgehead atoms. The van der Waals surface area contributed by atoms with Gasteiger partial charge in [0.2, 0.25) is 6.79 Å². The molecular formula is C40H42F2N5O9PS. The minimum atomic E-state index is -3.99. The quantitative estimate of drug-likeness (QED) is 0.0555. The monoisotopic (exact) mass is 837 g/mol. The lowest BCUT2D eigenvalue weighted by atomic mass is 9.81. The van der Waals surface area contributed by atoms with Crippen LogP contribution in [0.25, 0.3) is 11.3 Å². The van der Waals surface area contributed by atoms with Gasteiger partial charge in [0.15, 0.2) is 5.60 Å². The van der Waals surface area contributed by atoms with Crippen LogP contribution in [-0.2, 0) is 51.1 Å². The number of hydrogen-bond donors (Lipinski definition) is 0. The van der Waals surface area contributed by atoms with Gasteiger partial charge >= 0.3 is 19.9 Å². The number of carbonyl (C=O) groups is 2. The maximum atomic E-state index is 15.8. The number of phosphoric acid groups is 1. The zero-order valence-corrected chi connectivity index (χ0v) is 34.5. The molecule has 306 valence electrons. The first-order valence-corrected chi connectivity index (χ1v) is 20.1. The Hall–Kier alpha value is -5.37. The first-order valence-electron chi connectivity index (χ1n) is 17.8. The Morgan fingerprint density at radius 1 is 0.948 bits per heavy atom. The minimum Gasteiger partial charge on any atom is -0.424 e. The van der Waals surface area contributed by atoms with E-state index in [-0.39, 0.29) is 24.3 Å². The highest BCUT2D eigenvalue weighted by Gasteiger charge is 2.48. The second-order valence-electron chi connectivity index (χ2n) is 15.0. The van der Waals surface area contributed by atoms with E-state index >= 15 is 4.39 Å². The third kappa shape index (κ3) is 11.6. The predicted octanol–water partition coefficient (Wildman–Crippen LogP) is 9.47. The summed E-state index contributed by atoms with van der Waals surface area (Å²) in [6, 6.07) is 17.6. The molecule has 2 heterocycles. The third-order valence-corrected chi connectivity index (χ3v) is 11.2. The van der Waals surface area contributed by atoms with Crippen molar-refractivity contribution >= 4 is 31.3 Å². The molecule has 5 rings (SSSR count). The maximum Gasteiger partial charge on any atom is 0.512 e. The average molecular weight is 838 g/mol. The zero-order chi connectivity index (χ0) is 42.3. The van der Waals surface area contributed by atoms with Crippen LogP contribution < -0.4 is 0 Å². The molecule has 0 saturated carbocycles. The highest BCUT2D eigenvalue weighted by atomic mass is 32.1. The van der Waals surface area contributed by atoms with Gasteiger partial charge in [-0.25, -0.2) is 37.6 Å². The Morgan fingerprint density at radius 2 is 1.62 bits per heavy atom. The van der Waals surface area contributed by atoms with Gasteiger partial charge in [0.05, 0.1) is 53.2 Å². The van der Waals surface area contributed by atoms with Crippen molar-refractivity contribution in [2.45, 2.75) is 84.3 Å². The topological polar surface area (TPSA) is 174 Å². The normalized spacial score (nSPS) is 13.6. The molecule has 0 radical (unpaired) electrons. The highest BCUT2D eigenvalue weighted by Crippen LogP contribution is 2.56. The van der Waals surface area contributed by atoms with Crippen LogP contribution in [0.3, 0.4) is 0 Å². The maximum absolute atomic E-state index is 15.8. The van der Waals surface area contributed by atoms with E-state index in [1.54, 1.807) is 90.2 Å². The summed E-state index contributed by atoms with van der Waals surface area (Å²) in [5.74, 6) is -3.65. The fourth-order valence-electron chi connectivity index (χ4n) is 5.58. The lowest BCUT2D eigenvalue weighted by Gasteiger charge is -2.37. The van der Waals surface area contributed by atoms with Gasteiger partial charge in [0, 0.05) is 22.6 Å². The fraction of sp³-hybridized carbons (Fsp3) is 0.350. The average Bonchev–Trinajstić information content (AvgIpc) is 3.85. The van der Waals surface area contributed by atoms with Crippen molar-refractivity contribution in [2.24, 2.45) is 0 Å². The molecule has 1 unspecified atom stereocenters. The summed E-state index contributed by atoms with van der Waals surface area (Å²) in [6.45, 7) is 10.6. The van der Waals surface area contributed by atoms with Crippen molar-refractivity contribution in [3.63, 3.8) is 0 Å². The van der Waals surface area contributed by atoms with Gasteiger partial charge in [0.25, 0.3) is 0 Å². The number of halogens is 2. The number of phosphoric ester groups is 1. The van der Waals surface area contributed by atoms with Crippen molar-refractivity contribution in [2.75, 3.05) is 6.79 Å². The Bertz CT molecular complexity index is 2270. The number of rotatable bonds is 15. The van der Waals surface area contributed by atoms with Crippen molar-refractivity contribution in [3.8, 4) is 17.3 Å². The van der Waals surface area contributed by atoms with Gasteiger partial charge in [-0.1, -0.05) is 31.2 Å². The van der Waals surface area contributed by atoms with Crippen molar-refractivity contribution < 1.29 is 50.7 Å². The van der Waals surface area contributed by atoms with Crippen LogP contribution in [0.1, 0.15) is 86.4 Å². The summed E-state index contributed by atoms with van der Waals surface area (Å²) in [5, 5.41) is 15.5. The van der Waals surface area contributed by atoms with Crippen LogP contribution in [0, 0.1) is 23.0 Å². The van der Waals surface area contributed by atoms with Gasteiger partial charge in [0.1, 0.15) is 29.3 Å². The number of ether oxygens (including phenoxy) is 3. The lowest BCUT2D eigenvalue weighted by molar-refractivity contribution is -0.0882. The lowest BCUT2D eigenvalue weighted by Crippen LogP contribution is -2.43. The summed E-state index contributed by atoms with van der Waals surface area (Å²) in [5.41, 5.74) is -1.48. The number of hydrogen-bond acceptors (Lipinski definition) is 14. The third-order valence-electron chi connectivity index (χ3n) is 8.13. The largest absolute Gasteiger partial charge is 0.512 e.